The van der Waals surface area contributed by atoms with Crippen molar-refractivity contribution in [1.29, 1.82) is 0 Å². The van der Waals surface area contributed by atoms with E-state index in [0.29, 0.717) is 5.92 Å². The van der Waals surface area contributed by atoms with Crippen LogP contribution in [0.2, 0.25) is 4.63 Å². The van der Waals surface area contributed by atoms with Crippen LogP contribution in [0.1, 0.15) is 59.8 Å². The van der Waals surface area contributed by atoms with E-state index in [2.05, 4.69) is 114 Å². The second-order valence-electron chi connectivity index (χ2n) is 11.3. The first kappa shape index (κ1) is 28.2. The van der Waals surface area contributed by atoms with Crippen LogP contribution in [0.4, 0.5) is 0 Å². The van der Waals surface area contributed by atoms with Gasteiger partial charge in [-0.2, -0.15) is 0 Å². The smallest absolute Gasteiger partial charge is 0.0184 e. The van der Waals surface area contributed by atoms with Gasteiger partial charge in [0, 0.05) is 0 Å². The van der Waals surface area contributed by atoms with Crippen molar-refractivity contribution in [3.8, 4) is 11.1 Å². The molecular formula is C34H45NSiZr. The summed E-state index contributed by atoms with van der Waals surface area (Å²) in [7, 11) is 0. The van der Waals surface area contributed by atoms with Crippen molar-refractivity contribution in [3.63, 3.8) is 0 Å². The number of hydrogen-bond acceptors (Lipinski definition) is 1. The molecule has 37 heavy (non-hydrogen) atoms. The van der Waals surface area contributed by atoms with Crippen molar-refractivity contribution in [2.75, 3.05) is 0 Å². The van der Waals surface area contributed by atoms with E-state index in [1.807, 2.05) is 15.4 Å². The number of benzene rings is 3. The Hall–Kier alpha value is -1.80. The van der Waals surface area contributed by atoms with E-state index < -0.39 is 19.7 Å². The molecular weight excluding hydrogens is 542 g/mol. The van der Waals surface area contributed by atoms with Crippen LogP contribution in [-0.4, -0.2) is 12.7 Å². The summed E-state index contributed by atoms with van der Waals surface area (Å²) < 4.78 is 9.03. The maximum absolute atomic E-state index is 4.41. The van der Waals surface area contributed by atoms with Crippen molar-refractivity contribution >= 4 is 11.8 Å². The zero-order valence-corrected chi connectivity index (χ0v) is 27.4. The van der Waals surface area contributed by atoms with Gasteiger partial charge in [-0.3, -0.25) is 0 Å². The Labute approximate surface area is 232 Å². The molecule has 0 bridgehead atoms. The first-order valence-corrected chi connectivity index (χ1v) is 25.7. The number of hydrogen-bond donors (Lipinski definition) is 1. The fourth-order valence-electron chi connectivity index (χ4n) is 6.44. The molecule has 0 saturated heterocycles. The molecule has 2 unspecified atom stereocenters. The topological polar surface area (TPSA) is 12.0 Å². The minimum atomic E-state index is -2.55. The monoisotopic (exact) mass is 585 g/mol. The summed E-state index contributed by atoms with van der Waals surface area (Å²) in [5.41, 5.74) is 7.41. The Morgan fingerprint density at radius 1 is 0.676 bits per heavy atom. The quantitative estimate of drug-likeness (QED) is 0.288. The summed E-state index contributed by atoms with van der Waals surface area (Å²) in [6, 6.07) is 33.0. The van der Waals surface area contributed by atoms with Gasteiger partial charge in [0.1, 0.15) is 0 Å². The Bertz CT molecular complexity index is 1160. The van der Waals surface area contributed by atoms with Crippen LogP contribution in [0.25, 0.3) is 11.1 Å². The third kappa shape index (κ3) is 7.20. The van der Waals surface area contributed by atoms with Crippen LogP contribution < -0.4 is 8.45 Å². The number of nitrogens with one attached hydrogen (secondary N) is 1. The fourth-order valence-corrected chi connectivity index (χ4v) is 31.7. The third-order valence-electron chi connectivity index (χ3n) is 8.64. The van der Waals surface area contributed by atoms with Gasteiger partial charge in [-0.25, -0.2) is 0 Å². The van der Waals surface area contributed by atoms with Gasteiger partial charge in [0.15, 0.2) is 0 Å². The van der Waals surface area contributed by atoms with E-state index >= 15 is 0 Å². The molecule has 0 spiro atoms. The Morgan fingerprint density at radius 3 is 1.62 bits per heavy atom. The number of rotatable bonds is 6. The zero-order valence-electron chi connectivity index (χ0n) is 23.6. The molecule has 1 nitrogen and oxygen atoms in total. The molecule has 3 aromatic carbocycles. The van der Waals surface area contributed by atoms with Crippen molar-refractivity contribution in [3.05, 3.63) is 111 Å². The second kappa shape index (κ2) is 13.3. The second-order valence-corrected chi connectivity index (χ2v) is 32.0. The van der Waals surface area contributed by atoms with Crippen molar-refractivity contribution in [2.45, 2.75) is 70.5 Å². The van der Waals surface area contributed by atoms with E-state index in [0.717, 1.165) is 6.04 Å². The molecule has 3 aromatic rings. The molecule has 0 heterocycles. The van der Waals surface area contributed by atoms with Gasteiger partial charge >= 0.3 is 162 Å². The van der Waals surface area contributed by atoms with Crippen LogP contribution in [0.15, 0.2) is 111 Å². The van der Waals surface area contributed by atoms with Crippen LogP contribution >= 0.6 is 0 Å². The average molecular weight is 587 g/mol. The molecule has 194 valence electrons. The third-order valence-corrected chi connectivity index (χ3v) is 29.4. The van der Waals surface area contributed by atoms with E-state index in [9.17, 15) is 0 Å². The van der Waals surface area contributed by atoms with Gasteiger partial charge < -0.3 is 0 Å². The van der Waals surface area contributed by atoms with Gasteiger partial charge in [-0.15, -0.1) is 0 Å². The molecule has 5 rings (SSSR count). The Kier molecular flexibility index (Phi) is 10.2. The van der Waals surface area contributed by atoms with Gasteiger partial charge in [-0.05, 0) is 11.1 Å². The summed E-state index contributed by atoms with van der Waals surface area (Å²) >= 11 is -2.55. The summed E-state index contributed by atoms with van der Waals surface area (Å²) in [6.07, 6.45) is 7.11. The normalized spacial score (nSPS) is 20.2. The van der Waals surface area contributed by atoms with Crippen molar-refractivity contribution in [1.82, 2.24) is 3.26 Å². The molecule has 0 aromatic heterocycles. The molecule has 2 aliphatic rings. The minimum Gasteiger partial charge on any atom is -0.0622 e. The van der Waals surface area contributed by atoms with Crippen molar-refractivity contribution < 1.29 is 19.7 Å². The van der Waals surface area contributed by atoms with Gasteiger partial charge in [0.2, 0.25) is 0 Å². The predicted octanol–water partition coefficient (Wildman–Crippen LogP) is 8.05. The largest absolute Gasteiger partial charge is 0.0622 e. The van der Waals surface area contributed by atoms with Crippen LogP contribution in [0.3, 0.4) is 0 Å². The molecule has 0 radical (unpaired) electrons. The number of allylic oxidation sites excluding steroid dienone is 4. The van der Waals surface area contributed by atoms with E-state index in [1.165, 1.54) is 43.2 Å². The van der Waals surface area contributed by atoms with Crippen LogP contribution in [-0.2, 0) is 19.7 Å². The standard InChI is InChI=1S/C12H10.C9H13.C6H12N.C6H7Si.CH3.Zr/c1-3-7-11(8-4-1)12-9-5-2-6-10-12;1-6-5-7(2)9(4)8(6)3;2*7-6-4-2-1-3-5-6;;/h1-10H;6H,1-4H3;6-7H,1-5H2;1-5H,7H2;1H3;/q;;-1;;;+1. The van der Waals surface area contributed by atoms with Gasteiger partial charge in [-0.1, -0.05) is 60.7 Å². The molecule has 1 saturated carbocycles. The molecule has 2 aliphatic carbocycles. The summed E-state index contributed by atoms with van der Waals surface area (Å²) in [5, 5.41) is 1.67. The van der Waals surface area contributed by atoms with Gasteiger partial charge in [0.25, 0.3) is 0 Å². The average Bonchev–Trinajstić information content (AvgIpc) is 3.13. The fraction of sp³-hybridized carbons (Fsp3) is 0.353. The molecule has 0 aliphatic heterocycles. The Balaban J connectivity index is 0.000000222. The van der Waals surface area contributed by atoms with Crippen LogP contribution in [0, 0.1) is 5.92 Å². The van der Waals surface area contributed by atoms with E-state index in [-0.39, 0.29) is 6.65 Å². The van der Waals surface area contributed by atoms with Crippen LogP contribution in [0.5, 0.6) is 0 Å². The maximum atomic E-state index is 4.41. The van der Waals surface area contributed by atoms with Gasteiger partial charge in [0.05, 0.1) is 0 Å². The van der Waals surface area contributed by atoms with Crippen molar-refractivity contribution in [2.24, 2.45) is 5.92 Å². The molecule has 1 N–H and O–H groups in total. The summed E-state index contributed by atoms with van der Waals surface area (Å²) in [4.78, 5) is 0. The SMILES string of the molecule is CC1=C(C)C(C)[C]([Zr]([CH3])([NH]C2CCCCC2)[SiH2]c2ccccc2)=C1C.c1ccc(-c2ccccc2)cc1. The Morgan fingerprint density at radius 2 is 1.16 bits per heavy atom. The van der Waals surface area contributed by atoms with E-state index in [1.54, 1.807) is 21.9 Å². The molecule has 1 fully saturated rings. The zero-order chi connectivity index (χ0) is 26.3. The van der Waals surface area contributed by atoms with E-state index in [4.69, 9.17) is 0 Å². The maximum Gasteiger partial charge on any atom is -0.0184 e. The molecule has 3 heteroatoms. The predicted molar refractivity (Wildman–Crippen MR) is 163 cm³/mol. The summed E-state index contributed by atoms with van der Waals surface area (Å²) in [6.45, 7) is 9.34. The molecule has 0 amide bonds. The molecule has 2 atom stereocenters. The first-order valence-electron chi connectivity index (χ1n) is 14.2. The first-order chi connectivity index (χ1) is 17.9. The minimum absolute atomic E-state index is 0.263. The summed E-state index contributed by atoms with van der Waals surface area (Å²) in [5.74, 6) is 0.674.